The fourth-order valence-corrected chi connectivity index (χ4v) is 5.23. The average molecular weight is 440 g/mol. The molecule has 2 aromatic carbocycles. The first-order valence-corrected chi connectivity index (χ1v) is 11.5. The van der Waals surface area contributed by atoms with Gasteiger partial charge in [-0.05, 0) is 37.3 Å². The van der Waals surface area contributed by atoms with E-state index in [2.05, 4.69) is 53.6 Å². The zero-order valence-corrected chi connectivity index (χ0v) is 18.4. The minimum absolute atomic E-state index is 0.0406. The van der Waals surface area contributed by atoms with Gasteiger partial charge in [-0.2, -0.15) is 4.98 Å². The minimum Gasteiger partial charge on any atom is -0.347 e. The van der Waals surface area contributed by atoms with Crippen LogP contribution in [0.2, 0.25) is 0 Å². The molecule has 4 atom stereocenters. The van der Waals surface area contributed by atoms with E-state index in [0.29, 0.717) is 18.8 Å². The van der Waals surface area contributed by atoms with E-state index < -0.39 is 0 Å². The molecule has 3 aromatic rings. The molecule has 1 saturated heterocycles. The standard InChI is InChI=1S/C26H25N5O2/c1-16-11-13-18(14-12-16)22-15-21(17-7-3-2-4-8-17)27-25-28-26(29-31(22)25)30-23(32)19-9-5-6-10-20(19)24(30)33/h2-8,11-14,19-22H,9-10,15H2,1H3,(H,27,28,29)/t19-,20+,21-,22+/m1/s1. The van der Waals surface area contributed by atoms with Gasteiger partial charge in [-0.25, -0.2) is 9.58 Å². The normalized spacial score (nSPS) is 26.2. The number of anilines is 2. The van der Waals surface area contributed by atoms with Crippen molar-refractivity contribution in [1.29, 1.82) is 0 Å². The molecule has 166 valence electrons. The summed E-state index contributed by atoms with van der Waals surface area (Å²) in [6.07, 6.45) is 5.95. The molecule has 6 rings (SSSR count). The lowest BCUT2D eigenvalue weighted by Gasteiger charge is -2.31. The van der Waals surface area contributed by atoms with Crippen LogP contribution < -0.4 is 10.2 Å². The third kappa shape index (κ3) is 3.26. The van der Waals surface area contributed by atoms with Gasteiger partial charge in [0.25, 0.3) is 5.95 Å². The van der Waals surface area contributed by atoms with Crippen LogP contribution in [-0.4, -0.2) is 26.6 Å². The highest BCUT2D eigenvalue weighted by Crippen LogP contribution is 2.41. The summed E-state index contributed by atoms with van der Waals surface area (Å²) >= 11 is 0. The van der Waals surface area contributed by atoms with Crippen molar-refractivity contribution in [3.63, 3.8) is 0 Å². The summed E-state index contributed by atoms with van der Waals surface area (Å²) in [6, 6.07) is 18.7. The summed E-state index contributed by atoms with van der Waals surface area (Å²) in [7, 11) is 0. The van der Waals surface area contributed by atoms with Gasteiger partial charge in [0.1, 0.15) is 0 Å². The lowest BCUT2D eigenvalue weighted by Crippen LogP contribution is -2.32. The van der Waals surface area contributed by atoms with Crippen molar-refractivity contribution in [1.82, 2.24) is 14.8 Å². The average Bonchev–Trinajstić information content (AvgIpc) is 3.38. The van der Waals surface area contributed by atoms with E-state index in [-0.39, 0.29) is 41.7 Å². The van der Waals surface area contributed by atoms with Crippen LogP contribution in [0.25, 0.3) is 0 Å². The number of imide groups is 1. The maximum atomic E-state index is 13.1. The molecule has 1 aromatic heterocycles. The fraction of sp³-hybridized carbons (Fsp3) is 0.308. The van der Waals surface area contributed by atoms with Crippen molar-refractivity contribution in [3.8, 4) is 0 Å². The summed E-state index contributed by atoms with van der Waals surface area (Å²) in [5.41, 5.74) is 3.48. The molecular formula is C26H25N5O2. The number of amides is 2. The zero-order chi connectivity index (χ0) is 22.5. The second-order valence-electron chi connectivity index (χ2n) is 9.12. The van der Waals surface area contributed by atoms with E-state index in [1.54, 1.807) is 0 Å². The van der Waals surface area contributed by atoms with Crippen molar-refractivity contribution in [3.05, 3.63) is 83.4 Å². The number of fused-ring (bicyclic) bond motifs is 2. The summed E-state index contributed by atoms with van der Waals surface area (Å²) in [5, 5.41) is 8.20. The Morgan fingerprint density at radius 3 is 2.21 bits per heavy atom. The molecule has 3 aliphatic rings. The van der Waals surface area contributed by atoms with Crippen molar-refractivity contribution >= 4 is 23.7 Å². The van der Waals surface area contributed by atoms with Gasteiger partial charge in [0.15, 0.2) is 0 Å². The Morgan fingerprint density at radius 2 is 1.55 bits per heavy atom. The number of benzene rings is 2. The molecule has 0 unspecified atom stereocenters. The number of carbonyl (C=O) groups is 2. The monoisotopic (exact) mass is 439 g/mol. The lowest BCUT2D eigenvalue weighted by molar-refractivity contribution is -0.122. The Kier molecular flexibility index (Phi) is 4.64. The van der Waals surface area contributed by atoms with Crippen molar-refractivity contribution in [2.45, 2.75) is 38.3 Å². The molecule has 2 aliphatic heterocycles. The van der Waals surface area contributed by atoms with Crippen LogP contribution in [-0.2, 0) is 9.59 Å². The van der Waals surface area contributed by atoms with Crippen LogP contribution in [0.5, 0.6) is 0 Å². The highest BCUT2D eigenvalue weighted by molar-refractivity contribution is 6.21. The van der Waals surface area contributed by atoms with Crippen LogP contribution in [0, 0.1) is 18.8 Å². The van der Waals surface area contributed by atoms with E-state index in [1.165, 1.54) is 10.5 Å². The molecule has 1 N–H and O–H groups in total. The number of hydrogen-bond acceptors (Lipinski definition) is 5. The molecule has 1 fully saturated rings. The minimum atomic E-state index is -0.305. The molecule has 0 spiro atoms. The van der Waals surface area contributed by atoms with Gasteiger partial charge in [-0.1, -0.05) is 72.3 Å². The van der Waals surface area contributed by atoms with Crippen LogP contribution in [0.1, 0.15) is 48.0 Å². The number of aryl methyl sites for hydroxylation is 1. The Morgan fingerprint density at radius 1 is 0.879 bits per heavy atom. The maximum Gasteiger partial charge on any atom is 0.260 e. The van der Waals surface area contributed by atoms with E-state index >= 15 is 0 Å². The first-order valence-electron chi connectivity index (χ1n) is 11.5. The third-order valence-electron chi connectivity index (χ3n) is 7.05. The van der Waals surface area contributed by atoms with Crippen LogP contribution in [0.4, 0.5) is 11.9 Å². The van der Waals surface area contributed by atoms with Gasteiger partial charge in [0.05, 0.1) is 23.9 Å². The van der Waals surface area contributed by atoms with Crippen LogP contribution in [0.3, 0.4) is 0 Å². The number of rotatable bonds is 3. The van der Waals surface area contributed by atoms with Gasteiger partial charge in [0.2, 0.25) is 17.8 Å². The van der Waals surface area contributed by atoms with E-state index in [0.717, 1.165) is 17.5 Å². The second kappa shape index (κ2) is 7.69. The molecule has 0 radical (unpaired) electrons. The smallest absolute Gasteiger partial charge is 0.260 e. The summed E-state index contributed by atoms with van der Waals surface area (Å²) in [5.74, 6) is -0.244. The van der Waals surface area contributed by atoms with Gasteiger partial charge in [-0.15, -0.1) is 5.10 Å². The molecule has 0 bridgehead atoms. The maximum absolute atomic E-state index is 13.1. The lowest BCUT2D eigenvalue weighted by atomic mass is 9.85. The predicted octanol–water partition coefficient (Wildman–Crippen LogP) is 4.19. The molecule has 0 saturated carbocycles. The summed E-state index contributed by atoms with van der Waals surface area (Å²) < 4.78 is 1.83. The molecule has 1 aliphatic carbocycles. The molecular weight excluding hydrogens is 414 g/mol. The van der Waals surface area contributed by atoms with Crippen molar-refractivity contribution in [2.24, 2.45) is 11.8 Å². The number of carbonyl (C=O) groups excluding carboxylic acids is 2. The second-order valence-corrected chi connectivity index (χ2v) is 9.12. The highest BCUT2D eigenvalue weighted by atomic mass is 16.2. The number of nitrogens with one attached hydrogen (secondary N) is 1. The Bertz CT molecular complexity index is 1220. The Labute approximate surface area is 192 Å². The molecule has 33 heavy (non-hydrogen) atoms. The van der Waals surface area contributed by atoms with E-state index in [9.17, 15) is 9.59 Å². The molecule has 2 amide bonds. The van der Waals surface area contributed by atoms with Gasteiger partial charge < -0.3 is 5.32 Å². The molecule has 7 nitrogen and oxygen atoms in total. The van der Waals surface area contributed by atoms with E-state index in [4.69, 9.17) is 5.10 Å². The van der Waals surface area contributed by atoms with Gasteiger partial charge in [0, 0.05) is 0 Å². The number of nitrogens with zero attached hydrogens (tertiary/aromatic N) is 4. The van der Waals surface area contributed by atoms with Crippen molar-refractivity contribution < 1.29 is 9.59 Å². The van der Waals surface area contributed by atoms with Gasteiger partial charge >= 0.3 is 0 Å². The number of allylic oxidation sites excluding steroid dienone is 2. The van der Waals surface area contributed by atoms with E-state index in [1.807, 2.05) is 35.0 Å². The van der Waals surface area contributed by atoms with Crippen LogP contribution >= 0.6 is 0 Å². The Hall–Kier alpha value is -3.74. The molecule has 7 heteroatoms. The predicted molar refractivity (Wildman–Crippen MR) is 125 cm³/mol. The number of hydrogen-bond donors (Lipinski definition) is 1. The largest absolute Gasteiger partial charge is 0.347 e. The Balaban J connectivity index is 1.41. The van der Waals surface area contributed by atoms with Gasteiger partial charge in [-0.3, -0.25) is 9.59 Å². The summed E-state index contributed by atoms with van der Waals surface area (Å²) in [4.78, 5) is 32.1. The topological polar surface area (TPSA) is 80.1 Å². The SMILES string of the molecule is Cc1ccc([C@@H]2C[C@H](c3ccccc3)Nc3nc(N4C(=O)[C@H]5CC=CC[C@H]5C4=O)nn32)cc1. The quantitative estimate of drug-likeness (QED) is 0.489. The first-order chi connectivity index (χ1) is 16.1. The third-order valence-corrected chi connectivity index (χ3v) is 7.05. The van der Waals surface area contributed by atoms with Crippen molar-refractivity contribution in [2.75, 3.05) is 10.2 Å². The summed E-state index contributed by atoms with van der Waals surface area (Å²) in [6.45, 7) is 2.07. The molecule has 3 heterocycles. The van der Waals surface area contributed by atoms with Crippen LogP contribution in [0.15, 0.2) is 66.7 Å². The number of aromatic nitrogens is 3. The fourth-order valence-electron chi connectivity index (χ4n) is 5.23. The zero-order valence-electron chi connectivity index (χ0n) is 18.4. The highest BCUT2D eigenvalue weighted by Gasteiger charge is 2.49. The first kappa shape index (κ1) is 19.9.